The topological polar surface area (TPSA) is 73.6 Å². The number of halogens is 1. The standard InChI is InChI=1S/C19H14ClN3O3/c20-12-4-2-10(3-5-12)16-22-17(26-23-16)11-8-13-14-15(24-14)19(6-1-7-19)25-18(13)21-9-11/h2-5,8-9,14-15H,1,6-7H2/t14-,15-/m0/s1. The van der Waals surface area contributed by atoms with Crippen LogP contribution in [0.15, 0.2) is 41.1 Å². The summed E-state index contributed by atoms with van der Waals surface area (Å²) in [5.41, 5.74) is 2.43. The summed E-state index contributed by atoms with van der Waals surface area (Å²) in [7, 11) is 0. The van der Waals surface area contributed by atoms with Gasteiger partial charge in [-0.1, -0.05) is 16.8 Å². The number of hydrogen-bond acceptors (Lipinski definition) is 6. The Kier molecular flexibility index (Phi) is 2.86. The summed E-state index contributed by atoms with van der Waals surface area (Å²) in [5, 5.41) is 4.73. The van der Waals surface area contributed by atoms with Gasteiger partial charge in [0.15, 0.2) is 0 Å². The van der Waals surface area contributed by atoms with E-state index < -0.39 is 0 Å². The molecule has 1 aliphatic carbocycles. The lowest BCUT2D eigenvalue weighted by Crippen LogP contribution is -2.50. The molecule has 1 saturated carbocycles. The number of benzene rings is 1. The highest BCUT2D eigenvalue weighted by Crippen LogP contribution is 2.59. The fraction of sp³-hybridized carbons (Fsp3) is 0.316. The molecule has 6 nitrogen and oxygen atoms in total. The van der Waals surface area contributed by atoms with Gasteiger partial charge >= 0.3 is 0 Å². The van der Waals surface area contributed by atoms with Crippen LogP contribution >= 0.6 is 11.6 Å². The number of aromatic nitrogens is 3. The zero-order valence-electron chi connectivity index (χ0n) is 13.7. The van der Waals surface area contributed by atoms with Gasteiger partial charge in [-0.05, 0) is 49.6 Å². The van der Waals surface area contributed by atoms with Crippen LogP contribution in [0, 0.1) is 0 Å². The van der Waals surface area contributed by atoms with Gasteiger partial charge in [0.25, 0.3) is 5.89 Å². The average molecular weight is 368 g/mol. The Labute approximate surface area is 154 Å². The van der Waals surface area contributed by atoms with E-state index in [0.29, 0.717) is 22.6 Å². The van der Waals surface area contributed by atoms with Gasteiger partial charge in [-0.3, -0.25) is 0 Å². The molecule has 1 spiro atoms. The predicted octanol–water partition coefficient (Wildman–Crippen LogP) is 4.21. The van der Waals surface area contributed by atoms with Gasteiger partial charge in [0.05, 0.1) is 5.56 Å². The molecule has 1 aromatic carbocycles. The molecular formula is C19H14ClN3O3. The zero-order valence-corrected chi connectivity index (χ0v) is 14.4. The van der Waals surface area contributed by atoms with Crippen LogP contribution in [0.1, 0.15) is 30.9 Å². The van der Waals surface area contributed by atoms with Crippen molar-refractivity contribution in [3.05, 3.63) is 47.1 Å². The number of hydrogen-bond donors (Lipinski definition) is 0. The first-order valence-corrected chi connectivity index (χ1v) is 9.04. The molecule has 7 heteroatoms. The normalized spacial score (nSPS) is 24.3. The van der Waals surface area contributed by atoms with Crippen molar-refractivity contribution in [3.8, 4) is 28.7 Å². The molecule has 2 atom stereocenters. The fourth-order valence-electron chi connectivity index (χ4n) is 3.84. The third-order valence-electron chi connectivity index (χ3n) is 5.47. The summed E-state index contributed by atoms with van der Waals surface area (Å²) < 4.78 is 17.5. The minimum Gasteiger partial charge on any atom is -0.468 e. The van der Waals surface area contributed by atoms with Crippen molar-refractivity contribution in [2.45, 2.75) is 37.1 Å². The Balaban J connectivity index is 1.34. The van der Waals surface area contributed by atoms with Gasteiger partial charge in [0.2, 0.25) is 11.7 Å². The van der Waals surface area contributed by atoms with Crippen molar-refractivity contribution in [1.29, 1.82) is 0 Å². The van der Waals surface area contributed by atoms with Crippen molar-refractivity contribution in [1.82, 2.24) is 15.1 Å². The van der Waals surface area contributed by atoms with Gasteiger partial charge in [-0.15, -0.1) is 0 Å². The lowest BCUT2D eigenvalue weighted by molar-refractivity contribution is -0.0370. The number of nitrogens with zero attached hydrogens (tertiary/aromatic N) is 3. The van der Waals surface area contributed by atoms with Crippen molar-refractivity contribution >= 4 is 11.6 Å². The number of pyridine rings is 1. The van der Waals surface area contributed by atoms with Crippen molar-refractivity contribution in [3.63, 3.8) is 0 Å². The Morgan fingerprint density at radius 3 is 2.73 bits per heavy atom. The van der Waals surface area contributed by atoms with Gasteiger partial charge < -0.3 is 14.0 Å². The first kappa shape index (κ1) is 14.7. The molecule has 0 radical (unpaired) electrons. The first-order chi connectivity index (χ1) is 12.7. The molecule has 2 fully saturated rings. The molecule has 2 aliphatic heterocycles. The van der Waals surface area contributed by atoms with E-state index >= 15 is 0 Å². The summed E-state index contributed by atoms with van der Waals surface area (Å²) >= 11 is 5.92. The summed E-state index contributed by atoms with van der Waals surface area (Å²) in [6.07, 6.45) is 5.23. The van der Waals surface area contributed by atoms with E-state index in [1.54, 1.807) is 18.3 Å². The van der Waals surface area contributed by atoms with E-state index in [-0.39, 0.29) is 17.8 Å². The molecule has 0 amide bonds. The zero-order chi connectivity index (χ0) is 17.3. The fourth-order valence-corrected chi connectivity index (χ4v) is 3.97. The number of rotatable bonds is 2. The van der Waals surface area contributed by atoms with Gasteiger partial charge in [-0.2, -0.15) is 4.98 Å². The summed E-state index contributed by atoms with van der Waals surface area (Å²) in [4.78, 5) is 8.98. The van der Waals surface area contributed by atoms with Gasteiger partial charge in [0, 0.05) is 22.3 Å². The van der Waals surface area contributed by atoms with Crippen molar-refractivity contribution < 1.29 is 14.0 Å². The Morgan fingerprint density at radius 1 is 1.12 bits per heavy atom. The van der Waals surface area contributed by atoms with E-state index in [1.165, 1.54) is 6.42 Å². The second kappa shape index (κ2) is 5.05. The summed E-state index contributed by atoms with van der Waals surface area (Å²) in [6.45, 7) is 0. The summed E-state index contributed by atoms with van der Waals surface area (Å²) in [5.74, 6) is 1.61. The molecule has 3 aliphatic rings. The van der Waals surface area contributed by atoms with E-state index in [0.717, 1.165) is 29.5 Å². The third-order valence-corrected chi connectivity index (χ3v) is 5.72. The number of fused-ring (bicyclic) bond motifs is 4. The monoisotopic (exact) mass is 367 g/mol. The van der Waals surface area contributed by atoms with Crippen LogP contribution < -0.4 is 4.74 Å². The third kappa shape index (κ3) is 2.06. The molecule has 0 bridgehead atoms. The van der Waals surface area contributed by atoms with Crippen LogP contribution in [0.25, 0.3) is 22.8 Å². The van der Waals surface area contributed by atoms with Gasteiger partial charge in [-0.25, -0.2) is 4.98 Å². The quantitative estimate of drug-likeness (QED) is 0.632. The van der Waals surface area contributed by atoms with E-state index in [2.05, 4.69) is 15.1 Å². The highest BCUT2D eigenvalue weighted by molar-refractivity contribution is 6.30. The van der Waals surface area contributed by atoms with Crippen molar-refractivity contribution in [2.75, 3.05) is 0 Å². The van der Waals surface area contributed by atoms with Crippen LogP contribution in [0.4, 0.5) is 0 Å². The SMILES string of the molecule is Clc1ccc(-c2noc(-c3cnc4c(c3)[C@@H]3O[C@@H]3C3(CCC3)O4)n2)cc1. The summed E-state index contributed by atoms with van der Waals surface area (Å²) in [6, 6.07) is 9.29. The number of ether oxygens (including phenoxy) is 2. The molecule has 6 rings (SSSR count). The van der Waals surface area contributed by atoms with Crippen LogP contribution in [-0.2, 0) is 4.74 Å². The number of epoxide rings is 1. The molecule has 1 saturated heterocycles. The smallest absolute Gasteiger partial charge is 0.259 e. The molecule has 26 heavy (non-hydrogen) atoms. The molecular weight excluding hydrogens is 354 g/mol. The predicted molar refractivity (Wildman–Crippen MR) is 92.8 cm³/mol. The second-order valence-electron chi connectivity index (χ2n) is 7.05. The average Bonchev–Trinajstić information content (AvgIpc) is 3.30. The van der Waals surface area contributed by atoms with E-state index in [1.807, 2.05) is 18.2 Å². The van der Waals surface area contributed by atoms with Gasteiger partial charge in [0.1, 0.15) is 17.8 Å². The largest absolute Gasteiger partial charge is 0.468 e. The van der Waals surface area contributed by atoms with E-state index in [9.17, 15) is 0 Å². The van der Waals surface area contributed by atoms with Crippen LogP contribution in [-0.4, -0.2) is 26.8 Å². The van der Waals surface area contributed by atoms with Crippen LogP contribution in [0.5, 0.6) is 5.88 Å². The Bertz CT molecular complexity index is 1010. The molecule has 0 unspecified atom stereocenters. The Hall–Kier alpha value is -2.44. The van der Waals surface area contributed by atoms with Crippen molar-refractivity contribution in [2.24, 2.45) is 0 Å². The maximum absolute atomic E-state index is 6.17. The highest BCUT2D eigenvalue weighted by Gasteiger charge is 2.64. The molecule has 0 N–H and O–H groups in total. The highest BCUT2D eigenvalue weighted by atomic mass is 35.5. The molecule has 2 aromatic heterocycles. The lowest BCUT2D eigenvalue weighted by atomic mass is 9.74. The van der Waals surface area contributed by atoms with Crippen LogP contribution in [0.3, 0.4) is 0 Å². The maximum Gasteiger partial charge on any atom is 0.259 e. The second-order valence-corrected chi connectivity index (χ2v) is 7.48. The lowest BCUT2D eigenvalue weighted by Gasteiger charge is -2.42. The molecule has 3 aromatic rings. The van der Waals surface area contributed by atoms with Crippen LogP contribution in [0.2, 0.25) is 5.02 Å². The maximum atomic E-state index is 6.17. The minimum atomic E-state index is -0.140. The van der Waals surface area contributed by atoms with E-state index in [4.69, 9.17) is 25.6 Å². The first-order valence-electron chi connectivity index (χ1n) is 8.66. The minimum absolute atomic E-state index is 0.0742. The Morgan fingerprint density at radius 2 is 1.96 bits per heavy atom. The molecule has 130 valence electrons. The molecule has 4 heterocycles.